The Hall–Kier alpha value is -2.99. The predicted molar refractivity (Wildman–Crippen MR) is 110 cm³/mol. The van der Waals surface area contributed by atoms with Crippen molar-refractivity contribution >= 4 is 23.4 Å². The Morgan fingerprint density at radius 1 is 1.14 bits per heavy atom. The average Bonchev–Trinajstić information content (AvgIpc) is 2.74. The van der Waals surface area contributed by atoms with Gasteiger partial charge in [0.1, 0.15) is 6.10 Å². The molecule has 2 aromatic rings. The lowest BCUT2D eigenvalue weighted by molar-refractivity contribution is -0.138. The first-order valence-electron chi connectivity index (χ1n) is 9.86. The first-order chi connectivity index (χ1) is 13.9. The summed E-state index contributed by atoms with van der Waals surface area (Å²) >= 11 is 0. The van der Waals surface area contributed by atoms with E-state index in [0.717, 1.165) is 11.1 Å². The second-order valence-electron chi connectivity index (χ2n) is 7.32. The number of imide groups is 1. The monoisotopic (exact) mass is 394 g/mol. The number of hydrogen-bond acceptors (Lipinski definition) is 4. The number of hydrogen-bond donors (Lipinski definition) is 2. The van der Waals surface area contributed by atoms with Crippen molar-refractivity contribution in [3.63, 3.8) is 0 Å². The Labute approximate surface area is 170 Å². The lowest BCUT2D eigenvalue weighted by Gasteiger charge is -2.35. The zero-order valence-electron chi connectivity index (χ0n) is 16.7. The molecule has 2 aromatic carbocycles. The van der Waals surface area contributed by atoms with E-state index in [-0.39, 0.29) is 17.7 Å². The van der Waals surface area contributed by atoms with Crippen LogP contribution in [-0.4, -0.2) is 23.8 Å². The summed E-state index contributed by atoms with van der Waals surface area (Å²) < 4.78 is 5.64. The van der Waals surface area contributed by atoms with Crippen LogP contribution in [0.4, 0.5) is 5.69 Å². The lowest BCUT2D eigenvalue weighted by atomic mass is 9.72. The average molecular weight is 394 g/mol. The summed E-state index contributed by atoms with van der Waals surface area (Å²) in [6, 6.07) is 16.9. The zero-order valence-corrected chi connectivity index (χ0v) is 16.7. The number of rotatable bonds is 7. The quantitative estimate of drug-likeness (QED) is 0.706. The van der Waals surface area contributed by atoms with Crippen molar-refractivity contribution in [2.45, 2.75) is 51.2 Å². The fourth-order valence-corrected chi connectivity index (χ4v) is 3.55. The van der Waals surface area contributed by atoms with E-state index in [1.807, 2.05) is 49.4 Å². The van der Waals surface area contributed by atoms with Crippen molar-refractivity contribution in [3.8, 4) is 0 Å². The fourth-order valence-electron chi connectivity index (χ4n) is 3.55. The van der Waals surface area contributed by atoms with E-state index in [4.69, 9.17) is 4.74 Å². The molecule has 3 amide bonds. The molecule has 2 N–H and O–H groups in total. The van der Waals surface area contributed by atoms with Gasteiger partial charge < -0.3 is 10.1 Å². The highest BCUT2D eigenvalue weighted by atomic mass is 16.5. The van der Waals surface area contributed by atoms with Gasteiger partial charge in [-0.15, -0.1) is 0 Å². The molecule has 6 heteroatoms. The number of nitrogens with one attached hydrogen (secondary N) is 2. The van der Waals surface area contributed by atoms with Gasteiger partial charge in [-0.2, -0.15) is 0 Å². The SMILES string of the molecule is CCC1(c2ccc(NC(=O)C(C)OCc3ccccc3)cc2)CCC(=O)NC1=O. The summed E-state index contributed by atoms with van der Waals surface area (Å²) in [5.41, 5.74) is 1.78. The number of carbonyl (C=O) groups excluding carboxylic acids is 3. The van der Waals surface area contributed by atoms with Gasteiger partial charge in [0.15, 0.2) is 0 Å². The number of amides is 3. The van der Waals surface area contributed by atoms with Gasteiger partial charge in [-0.25, -0.2) is 0 Å². The highest BCUT2D eigenvalue weighted by Gasteiger charge is 2.42. The van der Waals surface area contributed by atoms with Gasteiger partial charge in [0.05, 0.1) is 12.0 Å². The Bertz CT molecular complexity index is 880. The summed E-state index contributed by atoms with van der Waals surface area (Å²) in [7, 11) is 0. The number of benzene rings is 2. The molecule has 0 bridgehead atoms. The largest absolute Gasteiger partial charge is 0.364 e. The minimum Gasteiger partial charge on any atom is -0.364 e. The second kappa shape index (κ2) is 9.01. The first kappa shape index (κ1) is 20.7. The van der Waals surface area contributed by atoms with Crippen LogP contribution in [0.15, 0.2) is 54.6 Å². The van der Waals surface area contributed by atoms with Gasteiger partial charge in [0.25, 0.3) is 5.91 Å². The zero-order chi connectivity index (χ0) is 20.9. The van der Waals surface area contributed by atoms with Crippen LogP contribution in [0.2, 0.25) is 0 Å². The van der Waals surface area contributed by atoms with Crippen molar-refractivity contribution in [2.75, 3.05) is 5.32 Å². The number of carbonyl (C=O) groups is 3. The van der Waals surface area contributed by atoms with E-state index in [1.54, 1.807) is 19.1 Å². The molecule has 0 spiro atoms. The van der Waals surface area contributed by atoms with Crippen LogP contribution in [0.5, 0.6) is 0 Å². The van der Waals surface area contributed by atoms with E-state index >= 15 is 0 Å². The Morgan fingerprint density at radius 3 is 2.45 bits per heavy atom. The maximum Gasteiger partial charge on any atom is 0.253 e. The van der Waals surface area contributed by atoms with Gasteiger partial charge in [0.2, 0.25) is 11.8 Å². The van der Waals surface area contributed by atoms with Crippen molar-refractivity contribution in [1.82, 2.24) is 5.32 Å². The molecule has 6 nitrogen and oxygen atoms in total. The number of ether oxygens (including phenoxy) is 1. The Balaban J connectivity index is 1.61. The molecule has 1 fully saturated rings. The molecule has 1 aliphatic rings. The van der Waals surface area contributed by atoms with Crippen LogP contribution in [0.3, 0.4) is 0 Å². The van der Waals surface area contributed by atoms with Crippen LogP contribution in [0.25, 0.3) is 0 Å². The molecule has 1 aliphatic heterocycles. The fraction of sp³-hybridized carbons (Fsp3) is 0.348. The molecule has 2 atom stereocenters. The molecule has 2 unspecified atom stereocenters. The number of piperidine rings is 1. The van der Waals surface area contributed by atoms with Gasteiger partial charge >= 0.3 is 0 Å². The molecule has 0 saturated carbocycles. The van der Waals surface area contributed by atoms with Gasteiger partial charge in [0, 0.05) is 12.1 Å². The highest BCUT2D eigenvalue weighted by Crippen LogP contribution is 2.36. The smallest absolute Gasteiger partial charge is 0.253 e. The van der Waals surface area contributed by atoms with E-state index < -0.39 is 11.5 Å². The highest BCUT2D eigenvalue weighted by molar-refractivity contribution is 6.03. The maximum absolute atomic E-state index is 12.5. The first-order valence-corrected chi connectivity index (χ1v) is 9.86. The van der Waals surface area contributed by atoms with Crippen molar-refractivity contribution in [1.29, 1.82) is 0 Å². The summed E-state index contributed by atoms with van der Waals surface area (Å²) in [6.07, 6.45) is 0.813. The predicted octanol–water partition coefficient (Wildman–Crippen LogP) is 3.31. The summed E-state index contributed by atoms with van der Waals surface area (Å²) in [5.74, 6) is -0.719. The topological polar surface area (TPSA) is 84.5 Å². The summed E-state index contributed by atoms with van der Waals surface area (Å²) in [5, 5.41) is 5.28. The number of anilines is 1. The van der Waals surface area contributed by atoms with Crippen LogP contribution in [0, 0.1) is 0 Å². The Morgan fingerprint density at radius 2 is 1.83 bits per heavy atom. The van der Waals surface area contributed by atoms with E-state index in [2.05, 4.69) is 10.6 Å². The van der Waals surface area contributed by atoms with Crippen molar-refractivity contribution < 1.29 is 19.1 Å². The lowest BCUT2D eigenvalue weighted by Crippen LogP contribution is -2.51. The third kappa shape index (κ3) is 4.71. The van der Waals surface area contributed by atoms with Gasteiger partial charge in [-0.1, -0.05) is 49.4 Å². The Kier molecular flexibility index (Phi) is 6.44. The molecular weight excluding hydrogens is 368 g/mol. The molecule has 0 radical (unpaired) electrons. The van der Waals surface area contributed by atoms with Gasteiger partial charge in [-0.05, 0) is 43.0 Å². The van der Waals surface area contributed by atoms with Crippen LogP contribution in [-0.2, 0) is 31.1 Å². The molecule has 152 valence electrons. The molecule has 1 heterocycles. The third-order valence-corrected chi connectivity index (χ3v) is 5.49. The van der Waals surface area contributed by atoms with Crippen LogP contribution >= 0.6 is 0 Å². The molecular formula is C23H26N2O4. The minimum atomic E-state index is -0.706. The molecule has 1 saturated heterocycles. The molecule has 0 aromatic heterocycles. The van der Waals surface area contributed by atoms with E-state index in [0.29, 0.717) is 31.6 Å². The van der Waals surface area contributed by atoms with Crippen molar-refractivity contribution in [2.24, 2.45) is 0 Å². The minimum absolute atomic E-state index is 0.229. The van der Waals surface area contributed by atoms with Crippen molar-refractivity contribution in [3.05, 3.63) is 65.7 Å². The second-order valence-corrected chi connectivity index (χ2v) is 7.32. The maximum atomic E-state index is 12.5. The third-order valence-electron chi connectivity index (χ3n) is 5.49. The summed E-state index contributed by atoms with van der Waals surface area (Å²) in [6.45, 7) is 4.01. The normalized spacial score (nSPS) is 20.1. The van der Waals surface area contributed by atoms with Gasteiger partial charge in [-0.3, -0.25) is 19.7 Å². The molecule has 0 aliphatic carbocycles. The van der Waals surface area contributed by atoms with E-state index in [9.17, 15) is 14.4 Å². The summed E-state index contributed by atoms with van der Waals surface area (Å²) in [4.78, 5) is 36.4. The molecule has 29 heavy (non-hydrogen) atoms. The standard InChI is InChI=1S/C23H26N2O4/c1-3-23(14-13-20(26)25-22(23)28)18-9-11-19(12-10-18)24-21(27)16(2)29-15-17-7-5-4-6-8-17/h4-12,16H,3,13-15H2,1-2H3,(H,24,27)(H,25,26,28). The van der Waals surface area contributed by atoms with Crippen LogP contribution < -0.4 is 10.6 Å². The van der Waals surface area contributed by atoms with Crippen LogP contribution in [0.1, 0.15) is 44.2 Å². The molecule has 3 rings (SSSR count). The van der Waals surface area contributed by atoms with E-state index in [1.165, 1.54) is 0 Å².